The number of hydrogen-bond donors (Lipinski definition) is 3. The average Bonchev–Trinajstić information content (AvgIpc) is 2.35. The van der Waals surface area contributed by atoms with Gasteiger partial charge in [-0.25, -0.2) is 0 Å². The monoisotopic (exact) mass is 276 g/mol. The third kappa shape index (κ3) is 1.95. The molecule has 3 N–H and O–H groups in total. The SMILES string of the molecule is CCCC(=O)C1=C(O)c2c(O)cc(O)cc2C(=O)C1=O. The van der Waals surface area contributed by atoms with Crippen molar-refractivity contribution >= 4 is 23.1 Å². The second-order valence-electron chi connectivity index (χ2n) is 4.44. The minimum absolute atomic E-state index is 0.00654. The van der Waals surface area contributed by atoms with E-state index in [-0.39, 0.29) is 17.5 Å². The molecule has 0 spiro atoms. The summed E-state index contributed by atoms with van der Waals surface area (Å²) in [4.78, 5) is 35.6. The predicted molar refractivity (Wildman–Crippen MR) is 68.6 cm³/mol. The van der Waals surface area contributed by atoms with Crippen LogP contribution in [0.1, 0.15) is 35.7 Å². The smallest absolute Gasteiger partial charge is 0.240 e. The lowest BCUT2D eigenvalue weighted by molar-refractivity contribution is -0.119. The first-order valence-corrected chi connectivity index (χ1v) is 6.00. The van der Waals surface area contributed by atoms with Crippen LogP contribution in [-0.2, 0) is 9.59 Å². The molecule has 1 aromatic carbocycles. The summed E-state index contributed by atoms with van der Waals surface area (Å²) in [5, 5.41) is 29.1. The number of Topliss-reactive ketones (excluding diaryl/α,β-unsaturated/α-hetero) is 3. The highest BCUT2D eigenvalue weighted by molar-refractivity contribution is 6.57. The fourth-order valence-electron chi connectivity index (χ4n) is 2.12. The van der Waals surface area contributed by atoms with E-state index in [1.165, 1.54) is 0 Å². The first-order chi connectivity index (χ1) is 9.38. The number of aromatic hydroxyl groups is 2. The Morgan fingerprint density at radius 3 is 2.35 bits per heavy atom. The molecule has 0 amide bonds. The molecule has 0 fully saturated rings. The van der Waals surface area contributed by atoms with Gasteiger partial charge < -0.3 is 15.3 Å². The van der Waals surface area contributed by atoms with Gasteiger partial charge in [0.05, 0.1) is 5.56 Å². The quantitative estimate of drug-likeness (QED) is 0.569. The van der Waals surface area contributed by atoms with Crippen molar-refractivity contribution in [2.24, 2.45) is 0 Å². The van der Waals surface area contributed by atoms with E-state index in [0.29, 0.717) is 6.42 Å². The standard InChI is InChI=1S/C14H12O6/c1-2-3-8(16)11-13(19)10-7(12(18)14(11)20)4-6(15)5-9(10)17/h4-5,15,17,19H,2-3H2,1H3. The lowest BCUT2D eigenvalue weighted by Crippen LogP contribution is -2.28. The molecule has 0 aromatic heterocycles. The highest BCUT2D eigenvalue weighted by atomic mass is 16.3. The Bertz CT molecular complexity index is 668. The van der Waals surface area contributed by atoms with Gasteiger partial charge in [-0.1, -0.05) is 6.92 Å². The number of rotatable bonds is 3. The molecule has 0 bridgehead atoms. The maximum atomic E-state index is 11.9. The molecule has 6 heteroatoms. The first-order valence-electron chi connectivity index (χ1n) is 6.00. The number of phenolic OH excluding ortho intramolecular Hbond substituents is 2. The normalized spacial score (nSPS) is 14.4. The molecule has 2 rings (SSSR count). The van der Waals surface area contributed by atoms with Gasteiger partial charge in [0.1, 0.15) is 22.8 Å². The van der Waals surface area contributed by atoms with Crippen molar-refractivity contribution in [2.75, 3.05) is 0 Å². The number of allylic oxidation sites excluding steroid dienone is 1. The number of hydrogen-bond acceptors (Lipinski definition) is 6. The molecule has 0 saturated carbocycles. The first kappa shape index (κ1) is 13.8. The number of fused-ring (bicyclic) bond motifs is 1. The minimum atomic E-state index is -1.13. The Morgan fingerprint density at radius 1 is 1.10 bits per heavy atom. The Labute approximate surface area is 114 Å². The van der Waals surface area contributed by atoms with Crippen LogP contribution < -0.4 is 0 Å². The van der Waals surface area contributed by atoms with Crippen molar-refractivity contribution in [3.05, 3.63) is 28.8 Å². The molecular weight excluding hydrogens is 264 g/mol. The molecule has 20 heavy (non-hydrogen) atoms. The summed E-state index contributed by atoms with van der Waals surface area (Å²) in [7, 11) is 0. The number of carbonyl (C=O) groups is 3. The van der Waals surface area contributed by atoms with E-state index in [9.17, 15) is 29.7 Å². The molecule has 0 radical (unpaired) electrons. The zero-order chi connectivity index (χ0) is 15.0. The molecule has 0 aliphatic heterocycles. The fraction of sp³-hybridized carbons (Fsp3) is 0.214. The molecule has 0 saturated heterocycles. The van der Waals surface area contributed by atoms with E-state index in [4.69, 9.17) is 0 Å². The molecule has 0 heterocycles. The summed E-state index contributed by atoms with van der Waals surface area (Å²) in [5.74, 6) is -4.53. The summed E-state index contributed by atoms with van der Waals surface area (Å²) in [6, 6.07) is 1.88. The van der Waals surface area contributed by atoms with Gasteiger partial charge in [-0.2, -0.15) is 0 Å². The molecule has 6 nitrogen and oxygen atoms in total. The molecule has 1 aromatic rings. The van der Waals surface area contributed by atoms with Crippen LogP contribution in [-0.4, -0.2) is 32.7 Å². The van der Waals surface area contributed by atoms with Gasteiger partial charge in [-0.05, 0) is 12.5 Å². The largest absolute Gasteiger partial charge is 0.508 e. The van der Waals surface area contributed by atoms with Crippen LogP contribution in [0.3, 0.4) is 0 Å². The molecule has 1 aliphatic rings. The molecule has 1 aliphatic carbocycles. The van der Waals surface area contributed by atoms with E-state index in [1.54, 1.807) is 6.92 Å². The van der Waals surface area contributed by atoms with Crippen molar-refractivity contribution in [2.45, 2.75) is 19.8 Å². The maximum Gasteiger partial charge on any atom is 0.240 e. The number of benzene rings is 1. The van der Waals surface area contributed by atoms with E-state index >= 15 is 0 Å². The predicted octanol–water partition coefficient (Wildman–Crippen LogP) is 1.50. The zero-order valence-electron chi connectivity index (χ0n) is 10.6. The lowest BCUT2D eigenvalue weighted by Gasteiger charge is -2.18. The number of aliphatic hydroxyl groups excluding tert-OH is 1. The summed E-state index contributed by atoms with van der Waals surface area (Å²) in [6.07, 6.45) is 0.456. The van der Waals surface area contributed by atoms with Crippen LogP contribution in [0.15, 0.2) is 17.7 Å². The van der Waals surface area contributed by atoms with Gasteiger partial charge in [-0.15, -0.1) is 0 Å². The number of carbonyl (C=O) groups excluding carboxylic acids is 3. The van der Waals surface area contributed by atoms with Crippen LogP contribution in [0.5, 0.6) is 11.5 Å². The fourth-order valence-corrected chi connectivity index (χ4v) is 2.12. The van der Waals surface area contributed by atoms with E-state index < -0.39 is 40.2 Å². The van der Waals surface area contributed by atoms with E-state index in [2.05, 4.69) is 0 Å². The van der Waals surface area contributed by atoms with Gasteiger partial charge in [0.15, 0.2) is 5.78 Å². The second-order valence-corrected chi connectivity index (χ2v) is 4.44. The van der Waals surface area contributed by atoms with Crippen molar-refractivity contribution in [3.8, 4) is 11.5 Å². The van der Waals surface area contributed by atoms with Gasteiger partial charge in [0.2, 0.25) is 11.6 Å². The molecule has 104 valence electrons. The summed E-state index contributed by atoms with van der Waals surface area (Å²) < 4.78 is 0. The third-order valence-electron chi connectivity index (χ3n) is 3.01. The van der Waals surface area contributed by atoms with Crippen molar-refractivity contribution in [3.63, 3.8) is 0 Å². The molecule has 0 atom stereocenters. The average molecular weight is 276 g/mol. The van der Waals surface area contributed by atoms with Gasteiger partial charge in [-0.3, -0.25) is 14.4 Å². The zero-order valence-corrected chi connectivity index (χ0v) is 10.6. The van der Waals surface area contributed by atoms with Crippen LogP contribution >= 0.6 is 0 Å². The molecular formula is C14H12O6. The Kier molecular flexibility index (Phi) is 3.31. The van der Waals surface area contributed by atoms with E-state index in [1.807, 2.05) is 0 Å². The summed E-state index contributed by atoms with van der Waals surface area (Å²) in [6.45, 7) is 1.72. The minimum Gasteiger partial charge on any atom is -0.508 e. The van der Waals surface area contributed by atoms with Crippen LogP contribution in [0, 0.1) is 0 Å². The number of ketones is 3. The van der Waals surface area contributed by atoms with Crippen molar-refractivity contribution in [1.82, 2.24) is 0 Å². The van der Waals surface area contributed by atoms with Crippen molar-refractivity contribution in [1.29, 1.82) is 0 Å². The summed E-state index contributed by atoms with van der Waals surface area (Å²) >= 11 is 0. The third-order valence-corrected chi connectivity index (χ3v) is 3.01. The topological polar surface area (TPSA) is 112 Å². The highest BCUT2D eigenvalue weighted by Gasteiger charge is 2.38. The van der Waals surface area contributed by atoms with Crippen molar-refractivity contribution < 1.29 is 29.7 Å². The van der Waals surface area contributed by atoms with Crippen LogP contribution in [0.2, 0.25) is 0 Å². The van der Waals surface area contributed by atoms with E-state index in [0.717, 1.165) is 12.1 Å². The highest BCUT2D eigenvalue weighted by Crippen LogP contribution is 2.37. The maximum absolute atomic E-state index is 11.9. The lowest BCUT2D eigenvalue weighted by atomic mass is 9.85. The molecule has 0 unspecified atom stereocenters. The van der Waals surface area contributed by atoms with Gasteiger partial charge in [0, 0.05) is 18.1 Å². The Hall–Kier alpha value is -2.63. The Morgan fingerprint density at radius 2 is 1.75 bits per heavy atom. The number of aliphatic hydroxyl groups is 1. The number of phenols is 2. The van der Waals surface area contributed by atoms with Gasteiger partial charge in [0.25, 0.3) is 0 Å². The van der Waals surface area contributed by atoms with Crippen LogP contribution in [0.25, 0.3) is 5.76 Å². The van der Waals surface area contributed by atoms with Gasteiger partial charge >= 0.3 is 0 Å². The Balaban J connectivity index is 2.73. The second kappa shape index (κ2) is 4.80. The summed E-state index contributed by atoms with van der Waals surface area (Å²) in [5.41, 5.74) is -1.23. The van der Waals surface area contributed by atoms with Crippen LogP contribution in [0.4, 0.5) is 0 Å².